The van der Waals surface area contributed by atoms with Crippen molar-refractivity contribution < 1.29 is 0 Å². The van der Waals surface area contributed by atoms with E-state index in [1.165, 1.54) is 49.9 Å². The minimum atomic E-state index is 0.234. The van der Waals surface area contributed by atoms with Gasteiger partial charge in [-0.1, -0.05) is 38.0 Å². The lowest BCUT2D eigenvalue weighted by Crippen LogP contribution is -2.49. The summed E-state index contributed by atoms with van der Waals surface area (Å²) in [5, 5.41) is 3.78. The summed E-state index contributed by atoms with van der Waals surface area (Å²) in [5.74, 6) is 0.905. The average molecular weight is 272 g/mol. The fourth-order valence-corrected chi connectivity index (χ4v) is 3.74. The van der Waals surface area contributed by atoms with Crippen LogP contribution in [0.5, 0.6) is 0 Å². The predicted molar refractivity (Wildman–Crippen MR) is 86.1 cm³/mol. The molecule has 1 N–H and O–H groups in total. The molecular formula is C18H28N2. The smallest absolute Gasteiger partial charge is 0.0412 e. The molecule has 0 aromatic heterocycles. The summed E-state index contributed by atoms with van der Waals surface area (Å²) in [4.78, 5) is 2.66. The van der Waals surface area contributed by atoms with Crippen LogP contribution in [0.25, 0.3) is 0 Å². The fraction of sp³-hybridized carbons (Fsp3) is 0.667. The van der Waals surface area contributed by atoms with E-state index in [0.717, 1.165) is 19.0 Å². The first-order valence-electron chi connectivity index (χ1n) is 8.28. The Kier molecular flexibility index (Phi) is 4.02. The fourth-order valence-electron chi connectivity index (χ4n) is 3.74. The van der Waals surface area contributed by atoms with Gasteiger partial charge in [-0.25, -0.2) is 0 Å². The van der Waals surface area contributed by atoms with Gasteiger partial charge in [0.15, 0.2) is 0 Å². The number of nitrogens with zero attached hydrogens (tertiary/aromatic N) is 1. The third kappa shape index (κ3) is 2.85. The van der Waals surface area contributed by atoms with Gasteiger partial charge >= 0.3 is 0 Å². The second kappa shape index (κ2) is 5.77. The monoisotopic (exact) mass is 272 g/mol. The Labute approximate surface area is 123 Å². The van der Waals surface area contributed by atoms with Gasteiger partial charge in [-0.05, 0) is 43.7 Å². The van der Waals surface area contributed by atoms with E-state index in [9.17, 15) is 0 Å². The normalized spacial score (nSPS) is 27.4. The molecule has 0 bridgehead atoms. The van der Waals surface area contributed by atoms with Crippen LogP contribution >= 0.6 is 0 Å². The molecule has 0 radical (unpaired) electrons. The summed E-state index contributed by atoms with van der Waals surface area (Å²) in [5.41, 5.74) is 3.16. The molecule has 3 rings (SSSR count). The van der Waals surface area contributed by atoms with Crippen molar-refractivity contribution in [1.82, 2.24) is 5.32 Å². The number of hydrogen-bond donors (Lipinski definition) is 1. The molecule has 1 aromatic carbocycles. The van der Waals surface area contributed by atoms with Gasteiger partial charge in [0.2, 0.25) is 0 Å². The number of fused-ring (bicyclic) bond motifs is 1. The molecule has 110 valence electrons. The van der Waals surface area contributed by atoms with Gasteiger partial charge in [-0.2, -0.15) is 0 Å². The Hall–Kier alpha value is -1.02. The largest absolute Gasteiger partial charge is 0.369 e. The molecule has 1 aliphatic carbocycles. The minimum Gasteiger partial charge on any atom is -0.369 e. The van der Waals surface area contributed by atoms with Gasteiger partial charge in [0.05, 0.1) is 0 Å². The van der Waals surface area contributed by atoms with Gasteiger partial charge in [0.1, 0.15) is 0 Å². The Balaban J connectivity index is 1.86. The number of benzene rings is 1. The first-order chi connectivity index (χ1) is 9.70. The molecule has 1 fully saturated rings. The summed E-state index contributed by atoms with van der Waals surface area (Å²) in [7, 11) is 0. The minimum absolute atomic E-state index is 0.234. The maximum Gasteiger partial charge on any atom is 0.0412 e. The van der Waals surface area contributed by atoms with Crippen LogP contribution in [-0.2, 0) is 6.54 Å². The number of para-hydroxylation sites is 1. The standard InChI is InChI=1S/C18H28N2/c1-3-18(2)14-20(13-15-8-4-5-9-15)17-11-7-6-10-16(17)12-19-18/h6-7,10-11,15,19H,3-5,8-9,12-14H2,1-2H3. The van der Waals surface area contributed by atoms with Gasteiger partial charge in [-0.15, -0.1) is 0 Å². The predicted octanol–water partition coefficient (Wildman–Crippen LogP) is 3.96. The number of nitrogens with one attached hydrogen (secondary N) is 1. The lowest BCUT2D eigenvalue weighted by Gasteiger charge is -2.35. The average Bonchev–Trinajstić information content (AvgIpc) is 2.93. The van der Waals surface area contributed by atoms with Gasteiger partial charge in [0.25, 0.3) is 0 Å². The maximum atomic E-state index is 3.78. The molecule has 0 spiro atoms. The molecule has 2 aliphatic rings. The van der Waals surface area contributed by atoms with E-state index >= 15 is 0 Å². The number of anilines is 1. The zero-order chi connectivity index (χ0) is 14.0. The van der Waals surface area contributed by atoms with Crippen molar-refractivity contribution in [2.75, 3.05) is 18.0 Å². The highest BCUT2D eigenvalue weighted by Gasteiger charge is 2.30. The van der Waals surface area contributed by atoms with E-state index in [-0.39, 0.29) is 5.54 Å². The van der Waals surface area contributed by atoms with E-state index in [1.807, 2.05) is 0 Å². The number of rotatable bonds is 3. The zero-order valence-electron chi connectivity index (χ0n) is 13.0. The van der Waals surface area contributed by atoms with Crippen LogP contribution in [-0.4, -0.2) is 18.6 Å². The molecule has 0 saturated heterocycles. The van der Waals surface area contributed by atoms with Gasteiger partial charge < -0.3 is 10.2 Å². The molecular weight excluding hydrogens is 244 g/mol. The molecule has 0 amide bonds. The van der Waals surface area contributed by atoms with Crippen molar-refractivity contribution in [3.63, 3.8) is 0 Å². The van der Waals surface area contributed by atoms with Crippen molar-refractivity contribution in [2.24, 2.45) is 5.92 Å². The van der Waals surface area contributed by atoms with Crippen molar-refractivity contribution >= 4 is 5.69 Å². The van der Waals surface area contributed by atoms with Crippen molar-refractivity contribution in [3.8, 4) is 0 Å². The number of hydrogen-bond acceptors (Lipinski definition) is 2. The van der Waals surface area contributed by atoms with E-state index in [0.29, 0.717) is 0 Å². The van der Waals surface area contributed by atoms with E-state index in [2.05, 4.69) is 48.3 Å². The third-order valence-electron chi connectivity index (χ3n) is 5.31. The lowest BCUT2D eigenvalue weighted by atomic mass is 9.97. The quantitative estimate of drug-likeness (QED) is 0.896. The molecule has 1 atom stereocenters. The van der Waals surface area contributed by atoms with Crippen LogP contribution < -0.4 is 10.2 Å². The van der Waals surface area contributed by atoms with E-state index in [1.54, 1.807) is 0 Å². The van der Waals surface area contributed by atoms with E-state index < -0.39 is 0 Å². The highest BCUT2D eigenvalue weighted by Crippen LogP contribution is 2.32. The lowest BCUT2D eigenvalue weighted by molar-refractivity contribution is 0.343. The molecule has 20 heavy (non-hydrogen) atoms. The summed E-state index contributed by atoms with van der Waals surface area (Å²) < 4.78 is 0. The van der Waals surface area contributed by atoms with Crippen molar-refractivity contribution in [1.29, 1.82) is 0 Å². The van der Waals surface area contributed by atoms with Crippen LogP contribution in [0.2, 0.25) is 0 Å². The molecule has 1 saturated carbocycles. The highest BCUT2D eigenvalue weighted by atomic mass is 15.2. The second-order valence-electron chi connectivity index (χ2n) is 6.93. The summed E-state index contributed by atoms with van der Waals surface area (Å²) in [6.45, 7) is 8.06. The van der Waals surface area contributed by atoms with Crippen molar-refractivity contribution in [2.45, 2.75) is 58.0 Å². The van der Waals surface area contributed by atoms with Crippen LogP contribution in [0.1, 0.15) is 51.5 Å². The first kappa shape index (κ1) is 13.9. The maximum absolute atomic E-state index is 3.78. The molecule has 1 aliphatic heterocycles. The SMILES string of the molecule is CCC1(C)CN(CC2CCCC2)c2ccccc2CN1. The molecule has 1 heterocycles. The molecule has 2 nitrogen and oxygen atoms in total. The van der Waals surface area contributed by atoms with E-state index in [4.69, 9.17) is 0 Å². The molecule has 2 heteroatoms. The summed E-state index contributed by atoms with van der Waals surface area (Å²) >= 11 is 0. The summed E-state index contributed by atoms with van der Waals surface area (Å²) in [6, 6.07) is 8.96. The second-order valence-corrected chi connectivity index (χ2v) is 6.93. The summed E-state index contributed by atoms with van der Waals surface area (Å²) in [6.07, 6.45) is 6.90. The van der Waals surface area contributed by atoms with Gasteiger partial charge in [0, 0.05) is 30.9 Å². The molecule has 1 aromatic rings. The Morgan fingerprint density at radius 2 is 2.00 bits per heavy atom. The zero-order valence-corrected chi connectivity index (χ0v) is 13.0. The Bertz CT molecular complexity index is 450. The van der Waals surface area contributed by atoms with Crippen LogP contribution in [0.15, 0.2) is 24.3 Å². The van der Waals surface area contributed by atoms with Gasteiger partial charge in [-0.3, -0.25) is 0 Å². The Morgan fingerprint density at radius 3 is 2.75 bits per heavy atom. The first-order valence-corrected chi connectivity index (χ1v) is 8.28. The topological polar surface area (TPSA) is 15.3 Å². The Morgan fingerprint density at radius 1 is 1.25 bits per heavy atom. The van der Waals surface area contributed by atoms with Crippen molar-refractivity contribution in [3.05, 3.63) is 29.8 Å². The van der Waals surface area contributed by atoms with Crippen LogP contribution in [0.3, 0.4) is 0 Å². The third-order valence-corrected chi connectivity index (χ3v) is 5.31. The molecule has 1 unspecified atom stereocenters. The van der Waals surface area contributed by atoms with Crippen LogP contribution in [0.4, 0.5) is 5.69 Å². The highest BCUT2D eigenvalue weighted by molar-refractivity contribution is 5.55. The van der Waals surface area contributed by atoms with Crippen LogP contribution in [0, 0.1) is 5.92 Å².